The van der Waals surface area contributed by atoms with Crippen LogP contribution in [0.5, 0.6) is 0 Å². The molecule has 1 aromatic carbocycles. The molecule has 1 amide bonds. The number of carbonyl (C=O) groups excluding carboxylic acids is 1. The van der Waals surface area contributed by atoms with Crippen LogP contribution in [0.4, 0.5) is 18.9 Å². The number of carbonyl (C=O) groups is 1. The summed E-state index contributed by atoms with van der Waals surface area (Å²) in [4.78, 5) is 14.3. The molecule has 1 unspecified atom stereocenters. The highest BCUT2D eigenvalue weighted by Crippen LogP contribution is 2.40. The minimum absolute atomic E-state index is 0.168. The zero-order valence-electron chi connectivity index (χ0n) is 16.3. The van der Waals surface area contributed by atoms with Crippen molar-refractivity contribution >= 4 is 11.6 Å². The molecular weight excluding hydrogens is 371 g/mol. The first-order valence-corrected chi connectivity index (χ1v) is 9.70. The number of amides is 1. The topological polar surface area (TPSA) is 53.6 Å². The molecule has 1 saturated carbocycles. The lowest BCUT2D eigenvalue weighted by atomic mass is 10.0. The Morgan fingerprint density at radius 3 is 2.64 bits per heavy atom. The molecule has 3 rings (SSSR count). The van der Waals surface area contributed by atoms with E-state index >= 15 is 0 Å². The van der Waals surface area contributed by atoms with Gasteiger partial charge in [-0.25, -0.2) is 0 Å². The zero-order valence-corrected chi connectivity index (χ0v) is 16.3. The van der Waals surface area contributed by atoms with E-state index in [2.05, 4.69) is 10.6 Å². The van der Waals surface area contributed by atoms with Crippen LogP contribution in [0.1, 0.15) is 24.8 Å². The third kappa shape index (κ3) is 5.38. The van der Waals surface area contributed by atoms with Gasteiger partial charge in [-0.2, -0.15) is 13.2 Å². The Balaban J connectivity index is 1.45. The molecule has 3 atom stereocenters. The van der Waals surface area contributed by atoms with Crippen molar-refractivity contribution in [2.75, 3.05) is 32.1 Å². The van der Waals surface area contributed by atoms with Crippen molar-refractivity contribution in [3.05, 3.63) is 29.8 Å². The first kappa shape index (κ1) is 20.9. The van der Waals surface area contributed by atoms with E-state index in [0.717, 1.165) is 11.3 Å². The van der Waals surface area contributed by atoms with E-state index in [-0.39, 0.29) is 12.7 Å². The maximum atomic E-state index is 13.1. The van der Waals surface area contributed by atoms with Crippen LogP contribution >= 0.6 is 0 Å². The van der Waals surface area contributed by atoms with Crippen LogP contribution in [0.25, 0.3) is 0 Å². The molecule has 1 aliphatic heterocycles. The van der Waals surface area contributed by atoms with Gasteiger partial charge in [0.15, 0.2) is 0 Å². The average molecular weight is 399 g/mol. The van der Waals surface area contributed by atoms with Crippen LogP contribution in [0, 0.1) is 11.8 Å². The van der Waals surface area contributed by atoms with Crippen LogP contribution in [-0.4, -0.2) is 51.5 Å². The Labute approximate surface area is 163 Å². The van der Waals surface area contributed by atoms with Gasteiger partial charge in [0, 0.05) is 32.9 Å². The fourth-order valence-corrected chi connectivity index (χ4v) is 3.66. The number of anilines is 1. The molecule has 1 saturated heterocycles. The van der Waals surface area contributed by atoms with Crippen LogP contribution < -0.4 is 15.5 Å². The Morgan fingerprint density at radius 1 is 1.29 bits per heavy atom. The summed E-state index contributed by atoms with van der Waals surface area (Å²) >= 11 is 0. The number of nitrogens with one attached hydrogen (secondary N) is 2. The third-order valence-corrected chi connectivity index (χ3v) is 5.36. The van der Waals surface area contributed by atoms with Crippen molar-refractivity contribution in [3.8, 4) is 0 Å². The Kier molecular flexibility index (Phi) is 6.50. The number of rotatable bonds is 8. The van der Waals surface area contributed by atoms with Crippen LogP contribution in [0.15, 0.2) is 24.3 Å². The molecule has 2 fully saturated rings. The van der Waals surface area contributed by atoms with E-state index in [1.165, 1.54) is 0 Å². The Bertz CT molecular complexity index is 677. The third-order valence-electron chi connectivity index (χ3n) is 5.36. The predicted molar refractivity (Wildman–Crippen MR) is 101 cm³/mol. The van der Waals surface area contributed by atoms with E-state index in [4.69, 9.17) is 4.74 Å². The lowest BCUT2D eigenvalue weighted by molar-refractivity contribution is -0.167. The Hall–Kier alpha value is -1.80. The molecule has 2 N–H and O–H groups in total. The second kappa shape index (κ2) is 8.69. The largest absolute Gasteiger partial charge is 0.408 e. The maximum Gasteiger partial charge on any atom is 0.408 e. The van der Waals surface area contributed by atoms with Gasteiger partial charge in [0.1, 0.15) is 6.04 Å². The highest BCUT2D eigenvalue weighted by atomic mass is 19.4. The lowest BCUT2D eigenvalue weighted by Gasteiger charge is -2.22. The summed E-state index contributed by atoms with van der Waals surface area (Å²) in [6, 6.07) is 6.33. The molecule has 5 nitrogen and oxygen atoms in total. The number of hydrogen-bond donors (Lipinski definition) is 2. The van der Waals surface area contributed by atoms with Gasteiger partial charge in [-0.3, -0.25) is 4.79 Å². The van der Waals surface area contributed by atoms with Gasteiger partial charge < -0.3 is 20.3 Å². The van der Waals surface area contributed by atoms with E-state index in [1.54, 1.807) is 0 Å². The van der Waals surface area contributed by atoms with Crippen LogP contribution in [0.3, 0.4) is 0 Å². The molecule has 0 radical (unpaired) electrons. The minimum atomic E-state index is -4.39. The molecule has 1 aliphatic carbocycles. The number of hydrogen-bond acceptors (Lipinski definition) is 4. The van der Waals surface area contributed by atoms with Gasteiger partial charge in [0.05, 0.1) is 18.6 Å². The molecule has 0 spiro atoms. The summed E-state index contributed by atoms with van der Waals surface area (Å²) < 4.78 is 44.9. The van der Waals surface area contributed by atoms with Gasteiger partial charge >= 0.3 is 6.18 Å². The molecule has 0 bridgehead atoms. The van der Waals surface area contributed by atoms with Gasteiger partial charge in [0.25, 0.3) is 0 Å². The first-order chi connectivity index (χ1) is 13.3. The normalized spacial score (nSPS) is 23.5. The quantitative estimate of drug-likeness (QED) is 0.706. The van der Waals surface area contributed by atoms with Crippen molar-refractivity contribution in [2.45, 2.75) is 44.1 Å². The summed E-state index contributed by atoms with van der Waals surface area (Å²) in [5, 5.41) is 5.54. The molecule has 156 valence electrons. The predicted octanol–water partition coefficient (Wildman–Crippen LogP) is 2.70. The number of alkyl halides is 3. The summed E-state index contributed by atoms with van der Waals surface area (Å²) in [5.74, 6) is -1.54. The number of ether oxygens (including phenoxy) is 1. The summed E-state index contributed by atoms with van der Waals surface area (Å²) in [6.45, 7) is 1.38. The van der Waals surface area contributed by atoms with Gasteiger partial charge in [0.2, 0.25) is 5.91 Å². The van der Waals surface area contributed by atoms with E-state index in [0.29, 0.717) is 32.4 Å². The van der Waals surface area contributed by atoms with Gasteiger partial charge in [-0.15, -0.1) is 0 Å². The van der Waals surface area contributed by atoms with Crippen LogP contribution in [-0.2, 0) is 16.1 Å². The van der Waals surface area contributed by atoms with E-state index < -0.39 is 30.0 Å². The number of benzene rings is 1. The fourth-order valence-electron chi connectivity index (χ4n) is 3.66. The van der Waals surface area contributed by atoms with Crippen molar-refractivity contribution in [1.29, 1.82) is 0 Å². The second-order valence-electron chi connectivity index (χ2n) is 7.91. The summed E-state index contributed by atoms with van der Waals surface area (Å²) in [6.07, 6.45) is -3.09. The molecule has 8 heteroatoms. The lowest BCUT2D eigenvalue weighted by Crippen LogP contribution is -2.49. The number of nitrogens with zero attached hydrogens (tertiary/aromatic N) is 1. The number of para-hydroxylation sites is 1. The van der Waals surface area contributed by atoms with Crippen LogP contribution in [0.2, 0.25) is 0 Å². The van der Waals surface area contributed by atoms with Crippen molar-refractivity contribution in [3.63, 3.8) is 0 Å². The minimum Gasteiger partial charge on any atom is -0.377 e. The van der Waals surface area contributed by atoms with Gasteiger partial charge in [-0.1, -0.05) is 18.2 Å². The summed E-state index contributed by atoms with van der Waals surface area (Å²) in [5.41, 5.74) is 2.27. The number of halogens is 3. The highest BCUT2D eigenvalue weighted by Gasteiger charge is 2.50. The molecule has 2 aliphatic rings. The zero-order chi connectivity index (χ0) is 20.3. The second-order valence-corrected chi connectivity index (χ2v) is 7.91. The standard InChI is InChI=1S/C20H28F3N3O2/c1-26(2)17-6-4-3-5-14(17)10-24-11-16-9-15(12-28-16)19(27)25-18(13-7-8-13)20(21,22)23/h3-6,13,15-16,18,24H,7-12H2,1-2H3,(H,25,27)/t15-,16-,18?/m0/s1. The van der Waals surface area contributed by atoms with Crippen molar-refractivity contribution < 1.29 is 22.7 Å². The monoisotopic (exact) mass is 399 g/mol. The fraction of sp³-hybridized carbons (Fsp3) is 0.650. The molecule has 1 heterocycles. The van der Waals surface area contributed by atoms with Gasteiger partial charge in [-0.05, 0) is 36.8 Å². The smallest absolute Gasteiger partial charge is 0.377 e. The molecular formula is C20H28F3N3O2. The highest BCUT2D eigenvalue weighted by molar-refractivity contribution is 5.79. The Morgan fingerprint density at radius 2 is 2.00 bits per heavy atom. The molecule has 1 aromatic rings. The van der Waals surface area contributed by atoms with Crippen molar-refractivity contribution in [2.24, 2.45) is 11.8 Å². The molecule has 28 heavy (non-hydrogen) atoms. The average Bonchev–Trinajstić information content (AvgIpc) is 3.36. The molecule has 0 aromatic heterocycles. The summed E-state index contributed by atoms with van der Waals surface area (Å²) in [7, 11) is 3.97. The van der Waals surface area contributed by atoms with E-state index in [9.17, 15) is 18.0 Å². The van der Waals surface area contributed by atoms with E-state index in [1.807, 2.05) is 43.3 Å². The first-order valence-electron chi connectivity index (χ1n) is 9.70. The van der Waals surface area contributed by atoms with Crippen molar-refractivity contribution in [1.82, 2.24) is 10.6 Å². The maximum absolute atomic E-state index is 13.1. The SMILES string of the molecule is CN(C)c1ccccc1CNC[C@@H]1C[C@H](C(=O)NC(C2CC2)C(F)(F)F)CO1.